The van der Waals surface area contributed by atoms with Crippen LogP contribution in [-0.2, 0) is 15.8 Å². The SMILES string of the molecule is C/C(CC(C)C)=N/N=C1\NC(=O)[C@H](CC(=O)Nc2cccc(C(F)(F)F)c2)S1. The molecule has 0 aliphatic carbocycles. The van der Waals surface area contributed by atoms with Gasteiger partial charge in [0.05, 0.1) is 5.56 Å². The van der Waals surface area contributed by atoms with E-state index in [9.17, 15) is 22.8 Å². The van der Waals surface area contributed by atoms with Crippen LogP contribution in [0.25, 0.3) is 0 Å². The lowest BCUT2D eigenvalue weighted by atomic mass is 10.1. The number of hydrogen-bond acceptors (Lipinski definition) is 5. The van der Waals surface area contributed by atoms with Gasteiger partial charge in [0.25, 0.3) is 0 Å². The van der Waals surface area contributed by atoms with Crippen molar-refractivity contribution in [3.8, 4) is 0 Å². The van der Waals surface area contributed by atoms with E-state index >= 15 is 0 Å². The van der Waals surface area contributed by atoms with Gasteiger partial charge >= 0.3 is 6.18 Å². The normalized spacial score (nSPS) is 19.2. The van der Waals surface area contributed by atoms with Crippen LogP contribution in [0.1, 0.15) is 39.2 Å². The molecule has 6 nitrogen and oxygen atoms in total. The van der Waals surface area contributed by atoms with Crippen molar-refractivity contribution < 1.29 is 22.8 Å². The molecular weight excluding hydrogens is 393 g/mol. The summed E-state index contributed by atoms with van der Waals surface area (Å²) in [6, 6.07) is 4.32. The molecule has 0 spiro atoms. The molecule has 0 unspecified atom stereocenters. The zero-order valence-electron chi connectivity index (χ0n) is 15.6. The minimum Gasteiger partial charge on any atom is -0.326 e. The van der Waals surface area contributed by atoms with E-state index in [2.05, 4.69) is 34.7 Å². The highest BCUT2D eigenvalue weighted by Gasteiger charge is 2.33. The molecule has 28 heavy (non-hydrogen) atoms. The number of hydrogen-bond donors (Lipinski definition) is 2. The van der Waals surface area contributed by atoms with Crippen molar-refractivity contribution in [3.63, 3.8) is 0 Å². The van der Waals surface area contributed by atoms with Crippen LogP contribution in [0, 0.1) is 5.92 Å². The van der Waals surface area contributed by atoms with E-state index in [1.54, 1.807) is 0 Å². The predicted molar refractivity (Wildman–Crippen MR) is 104 cm³/mol. The van der Waals surface area contributed by atoms with Crippen LogP contribution < -0.4 is 10.6 Å². The lowest BCUT2D eigenvalue weighted by molar-refractivity contribution is -0.137. The summed E-state index contributed by atoms with van der Waals surface area (Å²) in [4.78, 5) is 24.1. The number of amidine groups is 1. The van der Waals surface area contributed by atoms with Gasteiger partial charge in [0.1, 0.15) is 5.25 Å². The van der Waals surface area contributed by atoms with Crippen LogP contribution >= 0.6 is 11.8 Å². The number of amides is 2. The van der Waals surface area contributed by atoms with Crippen LogP contribution in [0.15, 0.2) is 34.5 Å². The lowest BCUT2D eigenvalue weighted by Crippen LogP contribution is -2.28. The molecule has 1 aromatic carbocycles. The molecule has 1 fully saturated rings. The molecule has 0 saturated carbocycles. The number of benzene rings is 1. The highest BCUT2D eigenvalue weighted by molar-refractivity contribution is 8.15. The smallest absolute Gasteiger partial charge is 0.326 e. The maximum Gasteiger partial charge on any atom is 0.416 e. The molecule has 2 rings (SSSR count). The molecule has 152 valence electrons. The summed E-state index contributed by atoms with van der Waals surface area (Å²) < 4.78 is 38.2. The van der Waals surface area contributed by atoms with Crippen molar-refractivity contribution in [3.05, 3.63) is 29.8 Å². The summed E-state index contributed by atoms with van der Waals surface area (Å²) in [7, 11) is 0. The highest BCUT2D eigenvalue weighted by atomic mass is 32.2. The van der Waals surface area contributed by atoms with Crippen LogP contribution in [0.5, 0.6) is 0 Å². The molecule has 2 amide bonds. The van der Waals surface area contributed by atoms with Crippen molar-refractivity contribution in [1.29, 1.82) is 0 Å². The predicted octanol–water partition coefficient (Wildman–Crippen LogP) is 4.04. The van der Waals surface area contributed by atoms with E-state index in [4.69, 9.17) is 0 Å². The highest BCUT2D eigenvalue weighted by Crippen LogP contribution is 2.31. The molecule has 1 aromatic rings. The van der Waals surface area contributed by atoms with E-state index < -0.39 is 22.9 Å². The first kappa shape index (κ1) is 21.9. The molecule has 1 saturated heterocycles. The Morgan fingerprint density at radius 3 is 2.71 bits per heavy atom. The minimum atomic E-state index is -4.50. The van der Waals surface area contributed by atoms with Crippen LogP contribution in [0.4, 0.5) is 18.9 Å². The zero-order valence-corrected chi connectivity index (χ0v) is 16.4. The van der Waals surface area contributed by atoms with E-state index in [0.29, 0.717) is 11.1 Å². The van der Waals surface area contributed by atoms with Gasteiger partial charge in [-0.3, -0.25) is 9.59 Å². The average Bonchev–Trinajstić information content (AvgIpc) is 2.91. The standard InChI is InChI=1S/C18H21F3N4O2S/c1-10(2)7-11(3)24-25-17-23-16(27)14(28-17)9-15(26)22-13-6-4-5-12(8-13)18(19,20)21/h4-6,8,10,14H,7,9H2,1-3H3,(H,22,26)(H,23,25,27)/b24-11-/t14-/m0/s1. The first-order valence-electron chi connectivity index (χ1n) is 8.60. The fourth-order valence-electron chi connectivity index (χ4n) is 2.50. The van der Waals surface area contributed by atoms with Gasteiger partial charge in [0, 0.05) is 17.8 Å². The second-order valence-electron chi connectivity index (χ2n) is 6.77. The summed E-state index contributed by atoms with van der Waals surface area (Å²) in [6.45, 7) is 5.94. The van der Waals surface area contributed by atoms with Gasteiger partial charge in [-0.2, -0.15) is 18.3 Å². The summed E-state index contributed by atoms with van der Waals surface area (Å²) in [5, 5.41) is 12.6. The number of alkyl halides is 3. The lowest BCUT2D eigenvalue weighted by Gasteiger charge is -2.10. The van der Waals surface area contributed by atoms with E-state index in [0.717, 1.165) is 36.0 Å². The Labute approximate surface area is 165 Å². The molecule has 0 radical (unpaired) electrons. The maximum atomic E-state index is 12.7. The van der Waals surface area contributed by atoms with Crippen molar-refractivity contribution >= 4 is 40.1 Å². The van der Waals surface area contributed by atoms with Gasteiger partial charge in [-0.25, -0.2) is 0 Å². The van der Waals surface area contributed by atoms with Gasteiger partial charge in [0.2, 0.25) is 11.8 Å². The Kier molecular flexibility index (Phi) is 7.22. The molecular formula is C18H21F3N4O2S. The van der Waals surface area contributed by atoms with E-state index in [1.807, 2.05) is 6.92 Å². The van der Waals surface area contributed by atoms with Crippen LogP contribution in [0.3, 0.4) is 0 Å². The number of carbonyl (C=O) groups excluding carboxylic acids is 2. The van der Waals surface area contributed by atoms with Crippen molar-refractivity contribution in [2.45, 2.75) is 45.0 Å². The molecule has 0 aromatic heterocycles. The van der Waals surface area contributed by atoms with Crippen molar-refractivity contribution in [2.75, 3.05) is 5.32 Å². The number of halogens is 3. The van der Waals surface area contributed by atoms with Gasteiger partial charge < -0.3 is 10.6 Å². The summed E-state index contributed by atoms with van der Waals surface area (Å²) in [6.07, 6.45) is -3.92. The zero-order chi connectivity index (χ0) is 20.9. The number of nitrogens with zero attached hydrogens (tertiary/aromatic N) is 2. The first-order valence-corrected chi connectivity index (χ1v) is 9.48. The topological polar surface area (TPSA) is 82.9 Å². The molecule has 1 atom stereocenters. The van der Waals surface area contributed by atoms with Crippen molar-refractivity contribution in [1.82, 2.24) is 5.32 Å². The van der Waals surface area contributed by atoms with Crippen LogP contribution in [-0.4, -0.2) is 27.9 Å². The number of nitrogens with one attached hydrogen (secondary N) is 2. The largest absolute Gasteiger partial charge is 0.416 e. The Morgan fingerprint density at radius 1 is 1.36 bits per heavy atom. The molecule has 2 N–H and O–H groups in total. The Balaban J connectivity index is 1.95. The Morgan fingerprint density at radius 2 is 2.07 bits per heavy atom. The third-order valence-corrected chi connectivity index (χ3v) is 4.71. The number of anilines is 1. The van der Waals surface area contributed by atoms with Gasteiger partial charge in [0.15, 0.2) is 5.17 Å². The second kappa shape index (κ2) is 9.22. The number of thioether (sulfide) groups is 1. The van der Waals surface area contributed by atoms with Gasteiger partial charge in [-0.05, 0) is 37.5 Å². The third kappa shape index (κ3) is 6.66. The Hall–Kier alpha value is -2.36. The van der Waals surface area contributed by atoms with Gasteiger partial charge in [-0.1, -0.05) is 31.7 Å². The monoisotopic (exact) mass is 414 g/mol. The fourth-order valence-corrected chi connectivity index (χ4v) is 3.42. The van der Waals surface area contributed by atoms with Crippen molar-refractivity contribution in [2.24, 2.45) is 16.1 Å². The third-order valence-electron chi connectivity index (χ3n) is 3.64. The van der Waals surface area contributed by atoms with E-state index in [1.165, 1.54) is 12.1 Å². The first-order chi connectivity index (χ1) is 13.0. The number of rotatable bonds is 6. The number of carbonyl (C=O) groups is 2. The molecule has 1 aliphatic rings. The van der Waals surface area contributed by atoms with E-state index in [-0.39, 0.29) is 18.0 Å². The second-order valence-corrected chi connectivity index (χ2v) is 7.96. The van der Waals surface area contributed by atoms with Gasteiger partial charge in [-0.15, -0.1) is 5.10 Å². The Bertz CT molecular complexity index is 806. The summed E-state index contributed by atoms with van der Waals surface area (Å²) in [5.41, 5.74) is -0.0172. The maximum absolute atomic E-state index is 12.7. The molecule has 0 bridgehead atoms. The molecule has 10 heteroatoms. The average molecular weight is 414 g/mol. The fraction of sp³-hybridized carbons (Fsp3) is 0.444. The molecule has 1 heterocycles. The minimum absolute atomic E-state index is 0.0195. The quantitative estimate of drug-likeness (QED) is 0.544. The summed E-state index contributed by atoms with van der Waals surface area (Å²) >= 11 is 1.07. The van der Waals surface area contributed by atoms with Crippen LogP contribution in [0.2, 0.25) is 0 Å². The molecule has 1 aliphatic heterocycles. The summed E-state index contributed by atoms with van der Waals surface area (Å²) in [5.74, 6) is -0.519.